The number of anilines is 1. The number of thiazole rings is 1. The van der Waals surface area contributed by atoms with Crippen LogP contribution in [0.5, 0.6) is 17.5 Å². The lowest BCUT2D eigenvalue weighted by Gasteiger charge is -2.33. The first-order valence-electron chi connectivity index (χ1n) is 26.4. The van der Waals surface area contributed by atoms with Gasteiger partial charge < -0.3 is 49.4 Å². The van der Waals surface area contributed by atoms with Crippen molar-refractivity contribution >= 4 is 62.2 Å². The number of hydrogen-bond acceptors (Lipinski definition) is 16. The lowest BCUT2D eigenvalue weighted by Crippen LogP contribution is -2.48. The van der Waals surface area contributed by atoms with E-state index in [2.05, 4.69) is 30.6 Å². The van der Waals surface area contributed by atoms with E-state index in [-0.39, 0.29) is 83.9 Å². The predicted molar refractivity (Wildman–Crippen MR) is 294 cm³/mol. The van der Waals surface area contributed by atoms with Gasteiger partial charge in [-0.25, -0.2) is 9.37 Å². The van der Waals surface area contributed by atoms with Gasteiger partial charge in [-0.15, -0.1) is 11.3 Å². The van der Waals surface area contributed by atoms with Crippen molar-refractivity contribution in [2.75, 3.05) is 70.5 Å². The SMILES string of the molecule is Cc1cc([C@H](C(=O)N2C[C@H](O)C[C@H]2C(=O)NCc2ccc(-c3scnc3C)cc2OCCOC2CCN(C[C@@H](C)Oc3nc(N4CCNCC4)c4cc(Cl)c(-c5cc(O)cc6ccccc56)c(F)c4n3)CC2)C(C)C)on1. The molecular weight excluding hydrogens is 1030 g/mol. The highest BCUT2D eigenvalue weighted by molar-refractivity contribution is 7.13. The summed E-state index contributed by atoms with van der Waals surface area (Å²) in [4.78, 5) is 48.8. The van der Waals surface area contributed by atoms with E-state index < -0.39 is 23.9 Å². The van der Waals surface area contributed by atoms with Crippen LogP contribution < -0.4 is 25.0 Å². The number of phenols is 1. The summed E-state index contributed by atoms with van der Waals surface area (Å²) >= 11 is 8.46. The number of ether oxygens (including phenoxy) is 3. The molecule has 7 aromatic rings. The van der Waals surface area contributed by atoms with Crippen molar-refractivity contribution in [2.24, 2.45) is 5.92 Å². The minimum atomic E-state index is -0.864. The van der Waals surface area contributed by atoms with Gasteiger partial charge in [0, 0.05) is 87.9 Å². The molecule has 0 unspecified atom stereocenters. The Morgan fingerprint density at radius 1 is 0.987 bits per heavy atom. The van der Waals surface area contributed by atoms with E-state index >= 15 is 4.39 Å². The van der Waals surface area contributed by atoms with Crippen LogP contribution in [0.3, 0.4) is 0 Å². The molecule has 6 heterocycles. The minimum absolute atomic E-state index is 0.000377. The van der Waals surface area contributed by atoms with Crippen LogP contribution in [-0.4, -0.2) is 142 Å². The summed E-state index contributed by atoms with van der Waals surface area (Å²) in [6.45, 7) is 15.3. The Morgan fingerprint density at radius 2 is 1.78 bits per heavy atom. The average molecular weight is 1090 g/mol. The monoisotopic (exact) mass is 1090 g/mol. The number of piperazine rings is 1. The molecule has 10 rings (SSSR count). The van der Waals surface area contributed by atoms with E-state index in [9.17, 15) is 19.8 Å². The quantitative estimate of drug-likeness (QED) is 0.0597. The fourth-order valence-corrected chi connectivity index (χ4v) is 12.0. The molecule has 4 N–H and O–H groups in total. The number of hydrogen-bond donors (Lipinski definition) is 4. The second-order valence-electron chi connectivity index (χ2n) is 20.7. The topological polar surface area (TPSA) is 201 Å². The number of nitrogens with one attached hydrogen (secondary N) is 2. The van der Waals surface area contributed by atoms with Gasteiger partial charge in [0.15, 0.2) is 5.82 Å². The van der Waals surface area contributed by atoms with Crippen LogP contribution in [0.25, 0.3) is 43.2 Å². The summed E-state index contributed by atoms with van der Waals surface area (Å²) in [6.07, 6.45) is 0.558. The number of rotatable bonds is 18. The molecule has 17 nitrogen and oxygen atoms in total. The summed E-state index contributed by atoms with van der Waals surface area (Å²) in [5.74, 6) is -0.475. The molecule has 2 amide bonds. The lowest BCUT2D eigenvalue weighted by atomic mass is 9.91. The fourth-order valence-electron chi connectivity index (χ4n) is 10.9. The molecular formula is C57H65ClFN9O8S. The van der Waals surface area contributed by atoms with Crippen LogP contribution in [0.2, 0.25) is 5.02 Å². The zero-order valence-electron chi connectivity index (χ0n) is 43.9. The number of carbonyl (C=O) groups excluding carboxylic acids is 2. The normalized spacial score (nSPS) is 18.4. The number of β-amino-alcohol motifs (C(OH)–C–C–N with tert-alkyl or cyclic N) is 1. The van der Waals surface area contributed by atoms with E-state index in [4.69, 9.17) is 40.3 Å². The molecule has 0 aliphatic carbocycles. The number of aliphatic hydroxyl groups is 1. The van der Waals surface area contributed by atoms with Crippen LogP contribution in [0.4, 0.5) is 10.2 Å². The summed E-state index contributed by atoms with van der Waals surface area (Å²) in [5, 5.41) is 33.9. The van der Waals surface area contributed by atoms with Crippen LogP contribution in [-0.2, 0) is 20.9 Å². The number of aromatic hydroxyl groups is 1. The van der Waals surface area contributed by atoms with Crippen molar-refractivity contribution in [3.63, 3.8) is 0 Å². The third-order valence-corrected chi connectivity index (χ3v) is 16.0. The zero-order valence-corrected chi connectivity index (χ0v) is 45.5. The molecule has 4 aromatic carbocycles. The van der Waals surface area contributed by atoms with Crippen LogP contribution in [0, 0.1) is 25.6 Å². The average Bonchev–Trinajstić information content (AvgIpc) is 4.22. The number of aromatic nitrogens is 4. The molecule has 406 valence electrons. The van der Waals surface area contributed by atoms with Gasteiger partial charge in [0.2, 0.25) is 11.8 Å². The van der Waals surface area contributed by atoms with Gasteiger partial charge in [0.1, 0.15) is 53.3 Å². The number of halogens is 2. The van der Waals surface area contributed by atoms with Crippen LogP contribution in [0.1, 0.15) is 68.7 Å². The largest absolute Gasteiger partial charge is 0.508 e. The highest BCUT2D eigenvalue weighted by Crippen LogP contribution is 2.43. The van der Waals surface area contributed by atoms with Crippen molar-refractivity contribution < 1.29 is 42.9 Å². The summed E-state index contributed by atoms with van der Waals surface area (Å²) in [6, 6.07) is 19.2. The van der Waals surface area contributed by atoms with E-state index in [0.29, 0.717) is 60.2 Å². The van der Waals surface area contributed by atoms with E-state index in [1.807, 2.05) is 75.7 Å². The Balaban J connectivity index is 0.758. The number of aliphatic hydroxyl groups excluding tert-OH is 1. The Labute approximate surface area is 455 Å². The molecule has 77 heavy (non-hydrogen) atoms. The summed E-state index contributed by atoms with van der Waals surface area (Å²) in [5.41, 5.74) is 5.76. The summed E-state index contributed by atoms with van der Waals surface area (Å²) < 4.78 is 41.8. The Morgan fingerprint density at radius 3 is 2.52 bits per heavy atom. The van der Waals surface area contributed by atoms with Crippen LogP contribution >= 0.6 is 22.9 Å². The third kappa shape index (κ3) is 12.0. The number of benzene rings is 4. The second kappa shape index (κ2) is 23.6. The highest BCUT2D eigenvalue weighted by Gasteiger charge is 2.43. The van der Waals surface area contributed by atoms with Gasteiger partial charge in [-0.3, -0.25) is 14.5 Å². The molecule has 3 saturated heterocycles. The molecule has 0 spiro atoms. The number of nitrogens with zero attached hydrogens (tertiary/aromatic N) is 7. The number of piperidine rings is 1. The highest BCUT2D eigenvalue weighted by atomic mass is 35.5. The maximum absolute atomic E-state index is 17.1. The molecule has 4 atom stereocenters. The van der Waals surface area contributed by atoms with Crippen molar-refractivity contribution in [1.82, 2.24) is 40.5 Å². The lowest BCUT2D eigenvalue weighted by molar-refractivity contribution is -0.141. The second-order valence-corrected chi connectivity index (χ2v) is 21.9. The smallest absolute Gasteiger partial charge is 0.319 e. The number of carbonyl (C=O) groups is 2. The molecule has 3 aliphatic rings. The zero-order chi connectivity index (χ0) is 53.9. The molecule has 3 aromatic heterocycles. The molecule has 20 heteroatoms. The van der Waals surface area contributed by atoms with Gasteiger partial charge >= 0.3 is 6.01 Å². The standard InChI is InChI=1S/C57H65ClFN9O8S/c1-32(2)49(48-22-33(3)65-76-48)56(72)68-30-40(70)26-46(68)55(71)61-28-38-11-10-37(53-35(5)62-31-77-53)24-47(38)74-21-20-73-41-12-16-66(17-13-41)29-34(4)75-57-63-52-44(54(64-57)67-18-14-60-15-19-67)27-45(58)50(51(52)59)43-25-39(69)23-36-8-6-7-9-42(36)43/h6-11,22-25,27,31-32,34,40-41,46,49,60,69-70H,12-21,26,28-30H2,1-5H3,(H,61,71)/t34-,40-,46+,49-/m1/s1. The Bertz CT molecular complexity index is 3250. The molecule has 0 radical (unpaired) electrons. The molecule has 0 bridgehead atoms. The number of amides is 2. The van der Waals surface area contributed by atoms with Crippen molar-refractivity contribution in [3.05, 3.63) is 106 Å². The number of fused-ring (bicyclic) bond motifs is 2. The minimum Gasteiger partial charge on any atom is -0.508 e. The molecule has 0 saturated carbocycles. The first-order chi connectivity index (χ1) is 37.2. The van der Waals surface area contributed by atoms with Crippen molar-refractivity contribution in [3.8, 4) is 39.1 Å². The number of phenolic OH excluding ortho intramolecular Hbond substituents is 1. The maximum atomic E-state index is 17.1. The third-order valence-electron chi connectivity index (χ3n) is 14.7. The van der Waals surface area contributed by atoms with E-state index in [0.717, 1.165) is 71.5 Å². The first kappa shape index (κ1) is 53.9. The van der Waals surface area contributed by atoms with Crippen LogP contribution in [0.15, 0.2) is 76.8 Å². The molecule has 3 fully saturated rings. The van der Waals surface area contributed by atoms with E-state index in [1.165, 1.54) is 22.3 Å². The number of likely N-dealkylation sites (tertiary alicyclic amines) is 2. The van der Waals surface area contributed by atoms with Crippen molar-refractivity contribution in [1.29, 1.82) is 0 Å². The molecule has 3 aliphatic heterocycles. The van der Waals surface area contributed by atoms with Gasteiger partial charge in [0.05, 0.1) is 45.6 Å². The Hall–Kier alpha value is -6.48. The fraction of sp³-hybridized carbons (Fsp3) is 0.439. The van der Waals surface area contributed by atoms with Crippen molar-refractivity contribution in [2.45, 2.75) is 90.7 Å². The Kier molecular flexibility index (Phi) is 16.5. The summed E-state index contributed by atoms with van der Waals surface area (Å²) in [7, 11) is 0. The van der Waals surface area contributed by atoms with Gasteiger partial charge in [0.25, 0.3) is 0 Å². The number of aryl methyl sites for hydroxylation is 2. The van der Waals surface area contributed by atoms with Gasteiger partial charge in [-0.2, -0.15) is 9.97 Å². The predicted octanol–water partition coefficient (Wildman–Crippen LogP) is 8.43. The van der Waals surface area contributed by atoms with E-state index in [1.54, 1.807) is 25.1 Å². The maximum Gasteiger partial charge on any atom is 0.319 e. The van der Waals surface area contributed by atoms with Gasteiger partial charge in [-0.1, -0.05) is 67.0 Å². The first-order valence-corrected chi connectivity index (χ1v) is 27.7. The van der Waals surface area contributed by atoms with Gasteiger partial charge in [-0.05, 0) is 85.7 Å².